The largest absolute Gasteiger partial charge is 0.394 e. The topological polar surface area (TPSA) is 69.6 Å². The van der Waals surface area contributed by atoms with Crippen LogP contribution in [0, 0.1) is 0 Å². The standard InChI is InChI=1S/C47H91NO3/c1-3-5-7-9-11-13-15-16-17-18-19-20-21-22-23-24-25-26-27-28-29-30-31-32-33-35-37-39-41-43-47(51)48-45(44-49)46(50)42-40-38-36-34-14-12-10-8-6-4-2/h15-16,18-19,45-46,49-50H,3-14,17,20-44H2,1-2H3,(H,48,51)/b16-15-,19-18-. The lowest BCUT2D eigenvalue weighted by Crippen LogP contribution is -2.45. The Morgan fingerprint density at radius 3 is 1.18 bits per heavy atom. The molecule has 0 radical (unpaired) electrons. The molecule has 0 aromatic rings. The summed E-state index contributed by atoms with van der Waals surface area (Å²) >= 11 is 0. The van der Waals surface area contributed by atoms with Crippen LogP contribution < -0.4 is 5.32 Å². The molecular weight excluding hydrogens is 627 g/mol. The van der Waals surface area contributed by atoms with Gasteiger partial charge >= 0.3 is 0 Å². The van der Waals surface area contributed by atoms with E-state index in [2.05, 4.69) is 43.5 Å². The SMILES string of the molecule is CCCCCCC/C=C\C/C=C\CCCCCCCCCCCCCCCCCCCC(=O)NC(CO)C(O)CCCCCCCCCCCC. The van der Waals surface area contributed by atoms with Gasteiger partial charge in [0.1, 0.15) is 0 Å². The van der Waals surface area contributed by atoms with Crippen molar-refractivity contribution in [2.75, 3.05) is 6.61 Å². The van der Waals surface area contributed by atoms with Gasteiger partial charge in [-0.25, -0.2) is 0 Å². The molecule has 0 saturated heterocycles. The summed E-state index contributed by atoms with van der Waals surface area (Å²) in [7, 11) is 0. The molecule has 0 aliphatic heterocycles. The quantitative estimate of drug-likeness (QED) is 0.0435. The lowest BCUT2D eigenvalue weighted by atomic mass is 10.0. The van der Waals surface area contributed by atoms with Crippen LogP contribution in [-0.2, 0) is 4.79 Å². The second-order valence-corrected chi connectivity index (χ2v) is 15.8. The van der Waals surface area contributed by atoms with Crippen molar-refractivity contribution in [1.82, 2.24) is 5.32 Å². The first-order valence-electron chi connectivity index (χ1n) is 23.0. The highest BCUT2D eigenvalue weighted by molar-refractivity contribution is 5.76. The molecule has 51 heavy (non-hydrogen) atoms. The van der Waals surface area contributed by atoms with E-state index < -0.39 is 12.1 Å². The molecule has 3 N–H and O–H groups in total. The number of carbonyl (C=O) groups excluding carboxylic acids is 1. The van der Waals surface area contributed by atoms with Crippen molar-refractivity contribution in [2.45, 2.75) is 264 Å². The normalized spacial score (nSPS) is 13.1. The Bertz CT molecular complexity index is 735. The van der Waals surface area contributed by atoms with Crippen LogP contribution >= 0.6 is 0 Å². The number of unbranched alkanes of at least 4 members (excludes halogenated alkanes) is 31. The third-order valence-corrected chi connectivity index (χ3v) is 10.7. The number of hydrogen-bond acceptors (Lipinski definition) is 3. The minimum absolute atomic E-state index is 0.0305. The highest BCUT2D eigenvalue weighted by Crippen LogP contribution is 2.16. The molecule has 2 atom stereocenters. The fraction of sp³-hybridized carbons (Fsp3) is 0.894. The summed E-state index contributed by atoms with van der Waals surface area (Å²) in [6, 6.07) is -0.531. The first kappa shape index (κ1) is 49.9. The van der Waals surface area contributed by atoms with Crippen LogP contribution in [0.1, 0.15) is 251 Å². The third-order valence-electron chi connectivity index (χ3n) is 10.7. The maximum absolute atomic E-state index is 12.4. The summed E-state index contributed by atoms with van der Waals surface area (Å²) in [5.74, 6) is -0.0305. The zero-order valence-electron chi connectivity index (χ0n) is 34.6. The first-order valence-corrected chi connectivity index (χ1v) is 23.0. The van der Waals surface area contributed by atoms with Crippen LogP contribution in [0.25, 0.3) is 0 Å². The molecule has 0 aliphatic rings. The fourth-order valence-electron chi connectivity index (χ4n) is 7.16. The third kappa shape index (κ3) is 39.9. The van der Waals surface area contributed by atoms with Gasteiger partial charge in [-0.15, -0.1) is 0 Å². The molecule has 4 heteroatoms. The van der Waals surface area contributed by atoms with Crippen molar-refractivity contribution in [3.05, 3.63) is 24.3 Å². The van der Waals surface area contributed by atoms with Crippen molar-refractivity contribution in [3.63, 3.8) is 0 Å². The van der Waals surface area contributed by atoms with Crippen LogP contribution in [0.4, 0.5) is 0 Å². The number of allylic oxidation sites excluding steroid dienone is 4. The molecule has 0 aromatic heterocycles. The highest BCUT2D eigenvalue weighted by atomic mass is 16.3. The van der Waals surface area contributed by atoms with Crippen LogP contribution in [-0.4, -0.2) is 34.9 Å². The van der Waals surface area contributed by atoms with E-state index in [0.29, 0.717) is 12.8 Å². The zero-order chi connectivity index (χ0) is 37.1. The van der Waals surface area contributed by atoms with Crippen LogP contribution in [0.3, 0.4) is 0 Å². The predicted molar refractivity (Wildman–Crippen MR) is 225 cm³/mol. The molecule has 2 unspecified atom stereocenters. The Kier molecular flexibility index (Phi) is 42.3. The van der Waals surface area contributed by atoms with E-state index in [0.717, 1.165) is 32.1 Å². The van der Waals surface area contributed by atoms with Crippen molar-refractivity contribution < 1.29 is 15.0 Å². The summed E-state index contributed by atoms with van der Waals surface area (Å²) in [6.07, 6.45) is 55.6. The van der Waals surface area contributed by atoms with E-state index in [-0.39, 0.29) is 12.5 Å². The number of aliphatic hydroxyl groups is 2. The smallest absolute Gasteiger partial charge is 0.220 e. The van der Waals surface area contributed by atoms with Crippen LogP contribution in [0.5, 0.6) is 0 Å². The second kappa shape index (κ2) is 43.3. The van der Waals surface area contributed by atoms with E-state index in [1.165, 1.54) is 193 Å². The maximum atomic E-state index is 12.4. The predicted octanol–water partition coefficient (Wildman–Crippen LogP) is 14.4. The van der Waals surface area contributed by atoms with Gasteiger partial charge in [0.25, 0.3) is 0 Å². The number of carbonyl (C=O) groups is 1. The molecule has 0 saturated carbocycles. The van der Waals surface area contributed by atoms with Crippen molar-refractivity contribution >= 4 is 5.91 Å². The van der Waals surface area contributed by atoms with Gasteiger partial charge in [0.2, 0.25) is 5.91 Å². The van der Waals surface area contributed by atoms with Crippen molar-refractivity contribution in [1.29, 1.82) is 0 Å². The van der Waals surface area contributed by atoms with Crippen LogP contribution in [0.2, 0.25) is 0 Å². The minimum atomic E-state index is -0.654. The minimum Gasteiger partial charge on any atom is -0.394 e. The molecule has 0 bridgehead atoms. The zero-order valence-corrected chi connectivity index (χ0v) is 34.6. The average Bonchev–Trinajstić information content (AvgIpc) is 3.13. The van der Waals surface area contributed by atoms with Gasteiger partial charge in [-0.2, -0.15) is 0 Å². The van der Waals surface area contributed by atoms with Gasteiger partial charge in [0.15, 0.2) is 0 Å². The number of amides is 1. The molecule has 0 spiro atoms. The highest BCUT2D eigenvalue weighted by Gasteiger charge is 2.20. The lowest BCUT2D eigenvalue weighted by Gasteiger charge is -2.22. The number of hydrogen-bond donors (Lipinski definition) is 3. The van der Waals surface area contributed by atoms with E-state index in [4.69, 9.17) is 0 Å². The van der Waals surface area contributed by atoms with Gasteiger partial charge in [-0.1, -0.05) is 224 Å². The Labute approximate surface area is 319 Å². The van der Waals surface area contributed by atoms with E-state index in [1.807, 2.05) is 0 Å². The molecule has 0 heterocycles. The number of nitrogens with one attached hydrogen (secondary N) is 1. The summed E-state index contributed by atoms with van der Waals surface area (Å²) in [5, 5.41) is 23.1. The number of rotatable bonds is 42. The molecule has 1 amide bonds. The Morgan fingerprint density at radius 1 is 0.471 bits per heavy atom. The first-order chi connectivity index (χ1) is 25.2. The molecular formula is C47H91NO3. The van der Waals surface area contributed by atoms with Gasteiger partial charge in [0, 0.05) is 6.42 Å². The fourth-order valence-corrected chi connectivity index (χ4v) is 7.16. The Hall–Kier alpha value is -1.13. The summed E-state index contributed by atoms with van der Waals surface area (Å²) in [5.41, 5.74) is 0. The molecule has 4 nitrogen and oxygen atoms in total. The van der Waals surface area contributed by atoms with E-state index in [1.54, 1.807) is 0 Å². The van der Waals surface area contributed by atoms with Crippen molar-refractivity contribution in [2.24, 2.45) is 0 Å². The Morgan fingerprint density at radius 2 is 0.804 bits per heavy atom. The van der Waals surface area contributed by atoms with E-state index in [9.17, 15) is 15.0 Å². The molecule has 0 aliphatic carbocycles. The van der Waals surface area contributed by atoms with E-state index >= 15 is 0 Å². The molecule has 0 aromatic carbocycles. The van der Waals surface area contributed by atoms with Gasteiger partial charge in [0.05, 0.1) is 18.8 Å². The average molecular weight is 718 g/mol. The molecule has 302 valence electrons. The number of aliphatic hydroxyl groups excluding tert-OH is 2. The van der Waals surface area contributed by atoms with Gasteiger partial charge in [-0.05, 0) is 44.9 Å². The summed E-state index contributed by atoms with van der Waals surface area (Å²) < 4.78 is 0. The maximum Gasteiger partial charge on any atom is 0.220 e. The van der Waals surface area contributed by atoms with Gasteiger partial charge in [-0.3, -0.25) is 4.79 Å². The second-order valence-electron chi connectivity index (χ2n) is 15.8. The van der Waals surface area contributed by atoms with Gasteiger partial charge < -0.3 is 15.5 Å². The Balaban J connectivity index is 3.41. The van der Waals surface area contributed by atoms with Crippen molar-refractivity contribution in [3.8, 4) is 0 Å². The lowest BCUT2D eigenvalue weighted by molar-refractivity contribution is -0.123. The molecule has 0 rings (SSSR count). The molecule has 0 fully saturated rings. The summed E-state index contributed by atoms with van der Waals surface area (Å²) in [4.78, 5) is 12.4. The summed E-state index contributed by atoms with van der Waals surface area (Å²) in [6.45, 7) is 4.34. The van der Waals surface area contributed by atoms with Crippen LogP contribution in [0.15, 0.2) is 24.3 Å². The monoisotopic (exact) mass is 718 g/mol.